The van der Waals surface area contributed by atoms with Crippen molar-refractivity contribution in [3.63, 3.8) is 0 Å². The van der Waals surface area contributed by atoms with Crippen LogP contribution in [-0.4, -0.2) is 0 Å². The second kappa shape index (κ2) is 6.75. The average molecular weight is 286 g/mol. The van der Waals surface area contributed by atoms with Crippen molar-refractivity contribution in [2.24, 2.45) is 5.73 Å². The Labute approximate surface area is 120 Å². The number of hydrogen-bond donors (Lipinski definition) is 1. The molecule has 2 N–H and O–H groups in total. The Bertz CT molecular complexity index is 614. The second-order valence-corrected chi connectivity index (χ2v) is 6.28. The Morgan fingerprint density at radius 1 is 1.05 bits per heavy atom. The molecule has 0 spiro atoms. The number of allylic oxidation sites excluding steroid dienone is 6. The topological polar surface area (TPSA) is 97.4 Å². The van der Waals surface area contributed by atoms with Gasteiger partial charge in [-0.2, -0.15) is 15.8 Å². The molecule has 1 aliphatic heterocycles. The van der Waals surface area contributed by atoms with E-state index >= 15 is 0 Å². The Hall–Kier alpha value is -2.07. The number of nitriles is 3. The van der Waals surface area contributed by atoms with E-state index in [2.05, 4.69) is 0 Å². The van der Waals surface area contributed by atoms with Crippen LogP contribution < -0.4 is 5.73 Å². The first-order chi connectivity index (χ1) is 9.03. The van der Waals surface area contributed by atoms with Crippen molar-refractivity contribution in [1.82, 2.24) is 0 Å². The zero-order valence-corrected chi connectivity index (χ0v) is 12.0. The molecule has 0 aromatic heterocycles. The van der Waals surface area contributed by atoms with Gasteiger partial charge in [0.2, 0.25) is 0 Å². The maximum absolute atomic E-state index is 9.01. The number of nitrogens with zero attached hydrogens (tertiary/aromatic N) is 3. The monoisotopic (exact) mass is 286 g/mol. The minimum Gasteiger partial charge on any atom is -0.396 e. The van der Waals surface area contributed by atoms with Gasteiger partial charge in [0.25, 0.3) is 0 Å². The Balaban J connectivity index is 3.04. The van der Waals surface area contributed by atoms with Gasteiger partial charge in [0, 0.05) is 4.24 Å². The van der Waals surface area contributed by atoms with Gasteiger partial charge in [0.05, 0.1) is 11.3 Å². The molecule has 1 aliphatic rings. The predicted molar refractivity (Wildman–Crippen MR) is 77.8 cm³/mol. The first-order valence-electron chi connectivity index (χ1n) is 5.19. The standard InChI is InChI=1S/C13H10N4S2/c1-8-9(2)19-12(18-8)4-3-10(5-14)13(17)11(6-15)7-16/h3-4H,17H2,1-2H3/b10-3+. The van der Waals surface area contributed by atoms with Crippen LogP contribution in [0.25, 0.3) is 0 Å². The highest BCUT2D eigenvalue weighted by atomic mass is 32.2. The summed E-state index contributed by atoms with van der Waals surface area (Å²) < 4.78 is 1.03. The van der Waals surface area contributed by atoms with E-state index in [4.69, 9.17) is 21.5 Å². The summed E-state index contributed by atoms with van der Waals surface area (Å²) in [4.78, 5) is 2.45. The van der Waals surface area contributed by atoms with Crippen LogP contribution in [0.4, 0.5) is 0 Å². The zero-order chi connectivity index (χ0) is 14.4. The SMILES string of the molecule is CC1=C(C)SC(=C/C=C(\C#N)C(N)=C(C#N)C#N)S1. The number of hydrogen-bond acceptors (Lipinski definition) is 6. The minimum atomic E-state index is -0.247. The molecule has 19 heavy (non-hydrogen) atoms. The molecule has 6 heteroatoms. The van der Waals surface area contributed by atoms with Crippen molar-refractivity contribution >= 4 is 23.5 Å². The molecule has 1 rings (SSSR count). The molecule has 0 saturated heterocycles. The van der Waals surface area contributed by atoms with Crippen LogP contribution in [0.2, 0.25) is 0 Å². The molecule has 0 bridgehead atoms. The summed E-state index contributed by atoms with van der Waals surface area (Å²) in [5.41, 5.74) is 5.41. The van der Waals surface area contributed by atoms with Crippen molar-refractivity contribution in [1.29, 1.82) is 15.8 Å². The maximum Gasteiger partial charge on any atom is 0.153 e. The second-order valence-electron chi connectivity index (χ2n) is 3.51. The van der Waals surface area contributed by atoms with Crippen LogP contribution in [0.1, 0.15) is 13.8 Å². The van der Waals surface area contributed by atoms with Crippen LogP contribution in [0, 0.1) is 34.0 Å². The fourth-order valence-electron chi connectivity index (χ4n) is 1.15. The Morgan fingerprint density at radius 2 is 1.58 bits per heavy atom. The third-order valence-corrected chi connectivity index (χ3v) is 4.82. The minimum absolute atomic E-state index is 0.0845. The van der Waals surface area contributed by atoms with Gasteiger partial charge >= 0.3 is 0 Å². The van der Waals surface area contributed by atoms with Crippen LogP contribution >= 0.6 is 23.5 Å². The van der Waals surface area contributed by atoms with Crippen LogP contribution in [0.5, 0.6) is 0 Å². The predicted octanol–water partition coefficient (Wildman–Crippen LogP) is 3.27. The van der Waals surface area contributed by atoms with E-state index in [-0.39, 0.29) is 16.8 Å². The quantitative estimate of drug-likeness (QED) is 0.618. The molecule has 1 heterocycles. The van der Waals surface area contributed by atoms with Gasteiger partial charge in [-0.3, -0.25) is 0 Å². The van der Waals surface area contributed by atoms with Crippen LogP contribution in [0.15, 0.2) is 43.0 Å². The summed E-state index contributed by atoms with van der Waals surface area (Å²) in [6.45, 7) is 4.06. The van der Waals surface area contributed by atoms with Crippen LogP contribution in [-0.2, 0) is 0 Å². The number of nitrogens with two attached hydrogens (primary N) is 1. The van der Waals surface area contributed by atoms with Gasteiger partial charge in [-0.05, 0) is 35.8 Å². The van der Waals surface area contributed by atoms with Crippen molar-refractivity contribution < 1.29 is 0 Å². The molecule has 0 amide bonds. The first-order valence-corrected chi connectivity index (χ1v) is 6.82. The molecule has 94 valence electrons. The molecule has 0 atom stereocenters. The lowest BCUT2D eigenvalue weighted by Gasteiger charge is -1.97. The Kier molecular flexibility index (Phi) is 5.33. The molecular weight excluding hydrogens is 276 g/mol. The highest BCUT2D eigenvalue weighted by Crippen LogP contribution is 2.48. The largest absolute Gasteiger partial charge is 0.396 e. The molecule has 0 aromatic rings. The van der Waals surface area contributed by atoms with Crippen molar-refractivity contribution in [2.75, 3.05) is 0 Å². The Morgan fingerprint density at radius 3 is 2.00 bits per heavy atom. The summed E-state index contributed by atoms with van der Waals surface area (Å²) in [7, 11) is 0. The van der Waals surface area contributed by atoms with Crippen LogP contribution in [0.3, 0.4) is 0 Å². The molecule has 0 aromatic carbocycles. The van der Waals surface area contributed by atoms with E-state index in [1.807, 2.05) is 19.9 Å². The highest BCUT2D eigenvalue weighted by Gasteiger charge is 2.13. The van der Waals surface area contributed by atoms with E-state index in [1.54, 1.807) is 41.7 Å². The van der Waals surface area contributed by atoms with Gasteiger partial charge in [-0.25, -0.2) is 0 Å². The summed E-state index contributed by atoms with van der Waals surface area (Å²) in [6.07, 6.45) is 3.30. The summed E-state index contributed by atoms with van der Waals surface area (Å²) in [5.74, 6) is 0. The van der Waals surface area contributed by atoms with E-state index < -0.39 is 0 Å². The smallest absolute Gasteiger partial charge is 0.153 e. The third kappa shape index (κ3) is 3.69. The normalized spacial score (nSPS) is 14.5. The lowest BCUT2D eigenvalue weighted by atomic mass is 10.1. The fourth-order valence-corrected chi connectivity index (χ4v) is 3.48. The number of rotatable bonds is 2. The van der Waals surface area contributed by atoms with Crippen molar-refractivity contribution in [3.05, 3.63) is 43.0 Å². The van der Waals surface area contributed by atoms with Gasteiger partial charge in [0.1, 0.15) is 18.2 Å². The molecule has 0 saturated carbocycles. The van der Waals surface area contributed by atoms with Crippen molar-refractivity contribution in [2.45, 2.75) is 13.8 Å². The molecule has 0 aliphatic carbocycles. The van der Waals surface area contributed by atoms with Gasteiger partial charge in [-0.1, -0.05) is 23.5 Å². The number of thioether (sulfide) groups is 2. The molecule has 4 nitrogen and oxygen atoms in total. The third-order valence-electron chi connectivity index (χ3n) is 2.29. The summed E-state index contributed by atoms with van der Waals surface area (Å²) in [6, 6.07) is 5.24. The molecule has 0 radical (unpaired) electrons. The maximum atomic E-state index is 9.01. The van der Waals surface area contributed by atoms with E-state index in [1.165, 1.54) is 15.9 Å². The lowest BCUT2D eigenvalue weighted by Crippen LogP contribution is -2.03. The van der Waals surface area contributed by atoms with Gasteiger partial charge in [-0.15, -0.1) is 0 Å². The fraction of sp³-hybridized carbons (Fsp3) is 0.154. The summed E-state index contributed by atoms with van der Waals surface area (Å²) in [5, 5.41) is 26.4. The average Bonchev–Trinajstić information content (AvgIpc) is 2.71. The van der Waals surface area contributed by atoms with Crippen molar-refractivity contribution in [3.8, 4) is 18.2 Å². The first kappa shape index (κ1) is 15.0. The lowest BCUT2D eigenvalue weighted by molar-refractivity contribution is 1.30. The highest BCUT2D eigenvalue weighted by molar-refractivity contribution is 8.28. The molecule has 0 fully saturated rings. The van der Waals surface area contributed by atoms with E-state index in [9.17, 15) is 0 Å². The van der Waals surface area contributed by atoms with E-state index in [0.29, 0.717) is 0 Å². The van der Waals surface area contributed by atoms with Gasteiger partial charge in [0.15, 0.2) is 5.57 Å². The van der Waals surface area contributed by atoms with Gasteiger partial charge < -0.3 is 5.73 Å². The molecule has 0 unspecified atom stereocenters. The molecular formula is C13H10N4S2. The van der Waals surface area contributed by atoms with E-state index in [0.717, 1.165) is 4.24 Å². The zero-order valence-electron chi connectivity index (χ0n) is 10.4. The summed E-state index contributed by atoms with van der Waals surface area (Å²) >= 11 is 3.24.